The number of ether oxygens (including phenoxy) is 1. The highest BCUT2D eigenvalue weighted by Gasteiger charge is 2.22. The van der Waals surface area contributed by atoms with Gasteiger partial charge in [-0.1, -0.05) is 18.2 Å². The van der Waals surface area contributed by atoms with Crippen molar-refractivity contribution in [3.63, 3.8) is 0 Å². The second-order valence-corrected chi connectivity index (χ2v) is 7.53. The Balaban J connectivity index is 1.70. The van der Waals surface area contributed by atoms with Crippen molar-refractivity contribution in [2.75, 3.05) is 12.5 Å². The Kier molecular flexibility index (Phi) is 5.54. The van der Waals surface area contributed by atoms with Crippen LogP contribution in [0.5, 0.6) is 5.75 Å². The lowest BCUT2D eigenvalue weighted by atomic mass is 10.1. The van der Waals surface area contributed by atoms with Gasteiger partial charge >= 0.3 is 0 Å². The van der Waals surface area contributed by atoms with E-state index in [0.717, 1.165) is 4.68 Å². The fraction of sp³-hybridized carbons (Fsp3) is 0.0400. The van der Waals surface area contributed by atoms with Crippen LogP contribution in [0, 0.1) is 11.6 Å². The van der Waals surface area contributed by atoms with E-state index >= 15 is 0 Å². The smallest absolute Gasteiger partial charge is 0.298 e. The first-order valence-corrected chi connectivity index (χ1v) is 10.4. The molecule has 0 atom stereocenters. The number of amides is 1. The molecule has 0 aliphatic carbocycles. The number of halogens is 2. The summed E-state index contributed by atoms with van der Waals surface area (Å²) < 4.78 is 34.2. The van der Waals surface area contributed by atoms with Crippen molar-refractivity contribution in [3.8, 4) is 28.4 Å². The van der Waals surface area contributed by atoms with Gasteiger partial charge in [-0.2, -0.15) is 9.77 Å². The highest BCUT2D eigenvalue weighted by molar-refractivity contribution is 6.01. The molecule has 35 heavy (non-hydrogen) atoms. The Labute approximate surface area is 196 Å². The molecule has 0 spiro atoms. The number of methoxy groups -OCH3 is 1. The molecular weight excluding hydrogens is 456 g/mol. The molecule has 5 rings (SSSR count). The minimum absolute atomic E-state index is 0.0105. The van der Waals surface area contributed by atoms with Crippen molar-refractivity contribution in [1.29, 1.82) is 0 Å². The molecule has 0 fully saturated rings. The molecule has 3 aromatic carbocycles. The number of rotatable bonds is 5. The molecule has 0 radical (unpaired) electrons. The number of fused-ring (bicyclic) bond motifs is 1. The number of aromatic amines is 1. The van der Waals surface area contributed by atoms with Crippen molar-refractivity contribution in [2.45, 2.75) is 0 Å². The normalized spacial score (nSPS) is 10.9. The third-order valence-electron chi connectivity index (χ3n) is 5.36. The first-order chi connectivity index (χ1) is 17.0. The fourth-order valence-electron chi connectivity index (χ4n) is 3.62. The van der Waals surface area contributed by atoms with Crippen LogP contribution >= 0.6 is 0 Å². The Morgan fingerprint density at radius 1 is 1.03 bits per heavy atom. The molecule has 5 aromatic rings. The van der Waals surface area contributed by atoms with E-state index in [-0.39, 0.29) is 33.7 Å². The zero-order valence-electron chi connectivity index (χ0n) is 18.3. The van der Waals surface area contributed by atoms with E-state index in [0.29, 0.717) is 11.3 Å². The number of aromatic nitrogens is 4. The Hall–Kier alpha value is -4.86. The monoisotopic (exact) mass is 473 g/mol. The molecule has 8 nitrogen and oxygen atoms in total. The minimum atomic E-state index is -0.703. The number of nitrogens with one attached hydrogen (secondary N) is 2. The summed E-state index contributed by atoms with van der Waals surface area (Å²) in [5, 5.41) is 6.80. The van der Waals surface area contributed by atoms with Crippen molar-refractivity contribution in [2.24, 2.45) is 0 Å². The van der Waals surface area contributed by atoms with E-state index in [9.17, 15) is 18.4 Å². The molecule has 0 unspecified atom stereocenters. The lowest BCUT2D eigenvalue weighted by Crippen LogP contribution is -2.35. The van der Waals surface area contributed by atoms with E-state index in [4.69, 9.17) is 4.74 Å². The summed E-state index contributed by atoms with van der Waals surface area (Å²) in [6.45, 7) is 0. The summed E-state index contributed by atoms with van der Waals surface area (Å²) in [7, 11) is 1.46. The van der Waals surface area contributed by atoms with Gasteiger partial charge in [0.25, 0.3) is 11.5 Å². The second kappa shape index (κ2) is 8.82. The van der Waals surface area contributed by atoms with Crippen LogP contribution in [0.3, 0.4) is 0 Å². The molecule has 0 saturated carbocycles. The van der Waals surface area contributed by atoms with Gasteiger partial charge in [-0.25, -0.2) is 13.8 Å². The van der Waals surface area contributed by atoms with Crippen molar-refractivity contribution in [3.05, 3.63) is 100 Å². The van der Waals surface area contributed by atoms with Crippen LogP contribution in [0.25, 0.3) is 33.7 Å². The Bertz CT molecular complexity index is 1630. The predicted octanol–water partition coefficient (Wildman–Crippen LogP) is 4.12. The molecule has 0 aliphatic rings. The second-order valence-electron chi connectivity index (χ2n) is 7.53. The lowest BCUT2D eigenvalue weighted by Gasteiger charge is -2.14. The van der Waals surface area contributed by atoms with Gasteiger partial charge in [0.1, 0.15) is 28.6 Å². The van der Waals surface area contributed by atoms with Gasteiger partial charge < -0.3 is 4.74 Å². The van der Waals surface area contributed by atoms with Gasteiger partial charge in [-0.15, -0.1) is 0 Å². The maximum absolute atomic E-state index is 14.8. The van der Waals surface area contributed by atoms with Crippen LogP contribution in [0.4, 0.5) is 8.78 Å². The zero-order valence-corrected chi connectivity index (χ0v) is 18.3. The lowest BCUT2D eigenvalue weighted by molar-refractivity contribution is 0.101. The summed E-state index contributed by atoms with van der Waals surface area (Å²) in [5.74, 6) is -1.40. The van der Waals surface area contributed by atoms with Crippen LogP contribution in [-0.4, -0.2) is 32.9 Å². The van der Waals surface area contributed by atoms with Gasteiger partial charge in [-0.3, -0.25) is 20.1 Å². The molecule has 2 N–H and O–H groups in total. The van der Waals surface area contributed by atoms with Crippen LogP contribution in [0.15, 0.2) is 77.6 Å². The molecule has 0 aliphatic heterocycles. The van der Waals surface area contributed by atoms with Gasteiger partial charge in [0, 0.05) is 11.1 Å². The van der Waals surface area contributed by atoms with Gasteiger partial charge in [-0.05, 0) is 54.6 Å². The molecule has 0 saturated heterocycles. The number of carbonyl (C=O) groups is 1. The topological polar surface area (TPSA) is 102 Å². The number of nitrogens with zero attached hydrogens (tertiary/aromatic N) is 3. The van der Waals surface area contributed by atoms with Crippen molar-refractivity contribution >= 4 is 16.9 Å². The number of hydrogen-bond acceptors (Lipinski definition) is 5. The summed E-state index contributed by atoms with van der Waals surface area (Å²) in [6, 6.07) is 17.6. The van der Waals surface area contributed by atoms with Crippen LogP contribution in [-0.2, 0) is 0 Å². The Morgan fingerprint density at radius 2 is 1.80 bits per heavy atom. The van der Waals surface area contributed by atoms with Crippen molar-refractivity contribution in [1.82, 2.24) is 19.9 Å². The average Bonchev–Trinajstić information content (AvgIpc) is 3.30. The number of benzene rings is 3. The maximum Gasteiger partial charge on any atom is 0.298 e. The van der Waals surface area contributed by atoms with E-state index in [2.05, 4.69) is 20.6 Å². The summed E-state index contributed by atoms with van der Waals surface area (Å²) >= 11 is 0. The van der Waals surface area contributed by atoms with Crippen LogP contribution in [0.2, 0.25) is 0 Å². The third kappa shape index (κ3) is 4.01. The van der Waals surface area contributed by atoms with Crippen LogP contribution < -0.4 is 15.7 Å². The first-order valence-electron chi connectivity index (χ1n) is 10.4. The summed E-state index contributed by atoms with van der Waals surface area (Å²) in [6.07, 6.45) is 0. The van der Waals surface area contributed by atoms with Crippen molar-refractivity contribution < 1.29 is 18.3 Å². The SMILES string of the molecule is COc1cccc(C(=O)Nn2c(-c3ccccc3F)nc3c(-c4ccc(F)cc4)n[nH]c3c2=O)c1. The van der Waals surface area contributed by atoms with Crippen LogP contribution in [0.1, 0.15) is 10.4 Å². The van der Waals surface area contributed by atoms with E-state index in [1.54, 1.807) is 24.3 Å². The summed E-state index contributed by atoms with van der Waals surface area (Å²) in [5.41, 5.74) is 2.91. The quantitative estimate of drug-likeness (QED) is 0.400. The van der Waals surface area contributed by atoms with E-state index in [1.807, 2.05) is 0 Å². The standard InChI is InChI=1S/C25H17F2N5O3/c1-35-17-6-4-5-15(13-17)24(33)31-32-23(18-7-2-3-8-19(18)27)28-21-20(29-30-22(21)25(32)34)14-9-11-16(26)12-10-14/h2-13H,1H3,(H,29,30)(H,31,33). The highest BCUT2D eigenvalue weighted by atomic mass is 19.1. The predicted molar refractivity (Wildman–Crippen MR) is 126 cm³/mol. The highest BCUT2D eigenvalue weighted by Crippen LogP contribution is 2.27. The van der Waals surface area contributed by atoms with Gasteiger partial charge in [0.2, 0.25) is 0 Å². The molecule has 174 valence electrons. The van der Waals surface area contributed by atoms with Gasteiger partial charge in [0.15, 0.2) is 11.3 Å². The molecular formula is C25H17F2N5O3. The number of H-pyrrole nitrogens is 1. The number of carbonyl (C=O) groups excluding carboxylic acids is 1. The zero-order chi connectivity index (χ0) is 24.5. The summed E-state index contributed by atoms with van der Waals surface area (Å²) in [4.78, 5) is 30.9. The maximum atomic E-state index is 14.8. The number of hydrogen-bond donors (Lipinski definition) is 2. The molecule has 2 heterocycles. The molecule has 2 aromatic heterocycles. The Morgan fingerprint density at radius 3 is 2.54 bits per heavy atom. The molecule has 1 amide bonds. The van der Waals surface area contributed by atoms with E-state index in [1.165, 1.54) is 55.6 Å². The molecule has 0 bridgehead atoms. The fourth-order valence-corrected chi connectivity index (χ4v) is 3.62. The largest absolute Gasteiger partial charge is 0.497 e. The van der Waals surface area contributed by atoms with Gasteiger partial charge in [0.05, 0.1) is 12.7 Å². The van der Waals surface area contributed by atoms with E-state index < -0.39 is 23.1 Å². The first kappa shape index (κ1) is 22.0. The third-order valence-corrected chi connectivity index (χ3v) is 5.36. The average molecular weight is 473 g/mol. The molecule has 10 heteroatoms. The minimum Gasteiger partial charge on any atom is -0.497 e.